The zero-order valence-corrected chi connectivity index (χ0v) is 27.3. The third kappa shape index (κ3) is 8.51. The number of para-hydroxylation sites is 1. The van der Waals surface area contributed by atoms with E-state index in [9.17, 15) is 18.0 Å². The van der Waals surface area contributed by atoms with Gasteiger partial charge in [0.05, 0.1) is 10.6 Å². The van der Waals surface area contributed by atoms with E-state index in [1.165, 1.54) is 17.0 Å². The van der Waals surface area contributed by atoms with Gasteiger partial charge in [0, 0.05) is 12.6 Å². The van der Waals surface area contributed by atoms with Crippen molar-refractivity contribution in [3.8, 4) is 11.5 Å². The summed E-state index contributed by atoms with van der Waals surface area (Å²) in [6.07, 6.45) is 0.354. The van der Waals surface area contributed by atoms with E-state index in [2.05, 4.69) is 5.32 Å². The van der Waals surface area contributed by atoms with Crippen LogP contribution >= 0.6 is 0 Å². The quantitative estimate of drug-likeness (QED) is 0.180. The van der Waals surface area contributed by atoms with Crippen LogP contribution in [0.3, 0.4) is 0 Å². The molecule has 0 saturated carbocycles. The van der Waals surface area contributed by atoms with Gasteiger partial charge < -0.3 is 15.0 Å². The molecule has 2 amide bonds. The number of nitrogens with zero attached hydrogens (tertiary/aromatic N) is 2. The molecule has 0 bridgehead atoms. The van der Waals surface area contributed by atoms with E-state index in [0.29, 0.717) is 23.6 Å². The molecule has 0 aliphatic rings. The number of sulfonamides is 1. The third-order valence-corrected chi connectivity index (χ3v) is 9.20. The maximum absolute atomic E-state index is 14.3. The van der Waals surface area contributed by atoms with Gasteiger partial charge in [-0.1, -0.05) is 67.1 Å². The van der Waals surface area contributed by atoms with Crippen molar-refractivity contribution in [2.24, 2.45) is 0 Å². The highest BCUT2D eigenvalue weighted by atomic mass is 32.2. The van der Waals surface area contributed by atoms with Crippen molar-refractivity contribution in [3.63, 3.8) is 0 Å². The van der Waals surface area contributed by atoms with Crippen molar-refractivity contribution >= 4 is 27.5 Å². The normalized spacial score (nSPS) is 12.0. The molecule has 236 valence electrons. The van der Waals surface area contributed by atoms with Gasteiger partial charge in [0.15, 0.2) is 0 Å². The standard InChI is InChI=1S/C36H41N3O5S/c1-6-34(36(41)37-26(2)3)38(24-29-13-11-10-12-28(29)5)35(40)25-39(45(42,43)33-22-16-27(4)17-23-33)30-18-20-32(21-19-30)44-31-14-8-7-9-15-31/h7-23,26,34H,6,24-25H2,1-5H3,(H,37,41)/t34-/m1/s1. The van der Waals surface area contributed by atoms with Crippen molar-refractivity contribution < 1.29 is 22.7 Å². The van der Waals surface area contributed by atoms with Crippen LogP contribution in [-0.4, -0.2) is 43.8 Å². The molecule has 0 unspecified atom stereocenters. The summed E-state index contributed by atoms with van der Waals surface area (Å²) in [4.78, 5) is 29.2. The summed E-state index contributed by atoms with van der Waals surface area (Å²) < 4.78 is 35.3. The average molecular weight is 628 g/mol. The molecule has 0 spiro atoms. The highest BCUT2D eigenvalue weighted by Gasteiger charge is 2.34. The fraction of sp³-hybridized carbons (Fsp3) is 0.278. The van der Waals surface area contributed by atoms with Crippen LogP contribution in [0.15, 0.2) is 108 Å². The molecule has 8 nitrogen and oxygen atoms in total. The Hall–Kier alpha value is -4.63. The minimum atomic E-state index is -4.18. The maximum Gasteiger partial charge on any atom is 0.264 e. The minimum absolute atomic E-state index is 0.0561. The van der Waals surface area contributed by atoms with Gasteiger partial charge in [0.25, 0.3) is 10.0 Å². The molecular weight excluding hydrogens is 586 g/mol. The fourth-order valence-corrected chi connectivity index (χ4v) is 6.36. The van der Waals surface area contributed by atoms with Crippen molar-refractivity contribution in [1.82, 2.24) is 10.2 Å². The molecule has 0 saturated heterocycles. The number of carbonyl (C=O) groups excluding carboxylic acids is 2. The number of amides is 2. The van der Waals surface area contributed by atoms with E-state index < -0.39 is 28.5 Å². The molecule has 0 aromatic heterocycles. The summed E-state index contributed by atoms with van der Waals surface area (Å²) in [7, 11) is -4.18. The van der Waals surface area contributed by atoms with E-state index in [1.54, 1.807) is 36.4 Å². The zero-order chi connectivity index (χ0) is 32.6. The molecule has 4 aromatic rings. The van der Waals surface area contributed by atoms with Crippen LogP contribution in [0.2, 0.25) is 0 Å². The van der Waals surface area contributed by atoms with Gasteiger partial charge in [-0.3, -0.25) is 13.9 Å². The Kier molecular flexibility index (Phi) is 11.0. The molecule has 0 fully saturated rings. The molecule has 0 aliphatic carbocycles. The monoisotopic (exact) mass is 627 g/mol. The lowest BCUT2D eigenvalue weighted by molar-refractivity contribution is -0.140. The van der Waals surface area contributed by atoms with Crippen LogP contribution in [0.25, 0.3) is 0 Å². The second-order valence-corrected chi connectivity index (χ2v) is 13.1. The first-order valence-electron chi connectivity index (χ1n) is 15.1. The lowest BCUT2D eigenvalue weighted by Gasteiger charge is -2.34. The summed E-state index contributed by atoms with van der Waals surface area (Å²) >= 11 is 0. The van der Waals surface area contributed by atoms with E-state index in [1.807, 2.05) is 89.2 Å². The van der Waals surface area contributed by atoms with Crippen molar-refractivity contribution in [1.29, 1.82) is 0 Å². The molecule has 0 heterocycles. The first-order valence-corrected chi connectivity index (χ1v) is 16.5. The number of hydrogen-bond acceptors (Lipinski definition) is 5. The number of nitrogens with one attached hydrogen (secondary N) is 1. The first kappa shape index (κ1) is 33.3. The Morgan fingerprint density at radius 1 is 0.800 bits per heavy atom. The number of rotatable bonds is 13. The predicted molar refractivity (Wildman–Crippen MR) is 178 cm³/mol. The van der Waals surface area contributed by atoms with Crippen LogP contribution in [0.1, 0.15) is 43.9 Å². The van der Waals surface area contributed by atoms with Crippen LogP contribution in [0.4, 0.5) is 5.69 Å². The average Bonchev–Trinajstić information content (AvgIpc) is 3.01. The van der Waals surface area contributed by atoms with Gasteiger partial charge in [-0.05, 0) is 93.8 Å². The Bertz CT molecular complexity index is 1690. The van der Waals surface area contributed by atoms with Crippen molar-refractivity contribution in [3.05, 3.63) is 120 Å². The number of anilines is 1. The summed E-state index contributed by atoms with van der Waals surface area (Å²) in [5.41, 5.74) is 3.04. The van der Waals surface area contributed by atoms with Crippen molar-refractivity contribution in [2.45, 2.75) is 64.6 Å². The molecule has 1 N–H and O–H groups in total. The lowest BCUT2D eigenvalue weighted by atomic mass is 10.1. The van der Waals surface area contributed by atoms with Crippen LogP contribution < -0.4 is 14.4 Å². The summed E-state index contributed by atoms with van der Waals surface area (Å²) in [5, 5.41) is 2.92. The van der Waals surface area contributed by atoms with Crippen LogP contribution in [0, 0.1) is 13.8 Å². The highest BCUT2D eigenvalue weighted by Crippen LogP contribution is 2.29. The molecule has 9 heteroatoms. The van der Waals surface area contributed by atoms with Gasteiger partial charge in [0.1, 0.15) is 24.1 Å². The Balaban J connectivity index is 1.74. The van der Waals surface area contributed by atoms with E-state index in [0.717, 1.165) is 21.0 Å². The zero-order valence-electron chi connectivity index (χ0n) is 26.4. The Labute approximate surface area is 266 Å². The molecule has 45 heavy (non-hydrogen) atoms. The number of aryl methyl sites for hydroxylation is 2. The summed E-state index contributed by atoms with van der Waals surface area (Å²) in [6, 6.07) is 29.0. The van der Waals surface area contributed by atoms with Crippen molar-refractivity contribution in [2.75, 3.05) is 10.8 Å². The third-order valence-electron chi connectivity index (χ3n) is 7.41. The molecule has 4 rings (SSSR count). The Morgan fingerprint density at radius 2 is 1.40 bits per heavy atom. The highest BCUT2D eigenvalue weighted by molar-refractivity contribution is 7.92. The predicted octanol–water partition coefficient (Wildman–Crippen LogP) is 6.62. The van der Waals surface area contributed by atoms with Gasteiger partial charge in [0.2, 0.25) is 11.8 Å². The molecular formula is C36H41N3O5S. The van der Waals surface area contributed by atoms with Crippen LogP contribution in [-0.2, 0) is 26.2 Å². The van der Waals surface area contributed by atoms with Gasteiger partial charge in [-0.2, -0.15) is 0 Å². The number of ether oxygens (including phenoxy) is 1. The second kappa shape index (κ2) is 14.9. The fourth-order valence-electron chi connectivity index (χ4n) is 4.94. The minimum Gasteiger partial charge on any atom is -0.457 e. The second-order valence-electron chi connectivity index (χ2n) is 11.3. The molecule has 0 radical (unpaired) electrons. The van der Waals surface area contributed by atoms with E-state index >= 15 is 0 Å². The van der Waals surface area contributed by atoms with Gasteiger partial charge >= 0.3 is 0 Å². The number of benzene rings is 4. The SMILES string of the molecule is CC[C@H](C(=O)NC(C)C)N(Cc1ccccc1C)C(=O)CN(c1ccc(Oc2ccccc2)cc1)S(=O)(=O)c1ccc(C)cc1. The smallest absolute Gasteiger partial charge is 0.264 e. The van der Waals surface area contributed by atoms with Gasteiger partial charge in [-0.15, -0.1) is 0 Å². The largest absolute Gasteiger partial charge is 0.457 e. The Morgan fingerprint density at radius 3 is 2.00 bits per heavy atom. The molecule has 4 aromatic carbocycles. The number of carbonyl (C=O) groups is 2. The lowest BCUT2D eigenvalue weighted by Crippen LogP contribution is -2.53. The van der Waals surface area contributed by atoms with Gasteiger partial charge in [-0.25, -0.2) is 8.42 Å². The number of hydrogen-bond donors (Lipinski definition) is 1. The van der Waals surface area contributed by atoms with E-state index in [4.69, 9.17) is 4.74 Å². The summed E-state index contributed by atoms with van der Waals surface area (Å²) in [5.74, 6) is 0.373. The van der Waals surface area contributed by atoms with E-state index in [-0.39, 0.29) is 23.4 Å². The molecule has 1 atom stereocenters. The van der Waals surface area contributed by atoms with Crippen LogP contribution in [0.5, 0.6) is 11.5 Å². The summed E-state index contributed by atoms with van der Waals surface area (Å²) in [6.45, 7) is 9.03. The first-order chi connectivity index (χ1) is 21.5. The topological polar surface area (TPSA) is 96.0 Å². The molecule has 0 aliphatic heterocycles. The maximum atomic E-state index is 14.3.